The quantitative estimate of drug-likeness (QED) is 0.912. The summed E-state index contributed by atoms with van der Waals surface area (Å²) in [5, 5.41) is 5.03. The predicted octanol–water partition coefficient (Wildman–Crippen LogP) is 3.39. The number of carbonyl (C=O) groups is 1. The van der Waals surface area contributed by atoms with Gasteiger partial charge in [-0.3, -0.25) is 4.79 Å². The molecule has 1 amide bonds. The molecule has 0 unspecified atom stereocenters. The number of aromatic nitrogens is 1. The Morgan fingerprint density at radius 3 is 2.43 bits per heavy atom. The van der Waals surface area contributed by atoms with Crippen LogP contribution in [0.25, 0.3) is 0 Å². The van der Waals surface area contributed by atoms with Crippen molar-refractivity contribution in [2.45, 2.75) is 6.18 Å². The molecule has 0 atom stereocenters. The summed E-state index contributed by atoms with van der Waals surface area (Å²) in [6, 6.07) is 7.85. The van der Waals surface area contributed by atoms with Crippen LogP contribution in [-0.2, 0) is 6.18 Å². The summed E-state index contributed by atoms with van der Waals surface area (Å²) in [6.45, 7) is 0. The van der Waals surface area contributed by atoms with Crippen molar-refractivity contribution in [3.63, 3.8) is 0 Å². The second-order valence-corrected chi connectivity index (χ2v) is 4.18. The highest BCUT2D eigenvalue weighted by atomic mass is 19.4. The number of hydrogen-bond acceptors (Lipinski definition) is 3. The fourth-order valence-electron chi connectivity index (χ4n) is 1.71. The molecule has 2 rings (SSSR count). The maximum Gasteiger partial charge on any atom is 0.418 e. The van der Waals surface area contributed by atoms with E-state index in [0.29, 0.717) is 5.82 Å². The SMILES string of the molecule is CNc1ccc(C(=O)Nc2ccccc2C(F)(F)F)cn1. The second kappa shape index (κ2) is 5.82. The summed E-state index contributed by atoms with van der Waals surface area (Å²) >= 11 is 0. The summed E-state index contributed by atoms with van der Waals surface area (Å²) < 4.78 is 38.5. The Morgan fingerprint density at radius 2 is 1.86 bits per heavy atom. The number of pyridine rings is 1. The number of anilines is 2. The third-order valence-corrected chi connectivity index (χ3v) is 2.76. The van der Waals surface area contributed by atoms with Crippen molar-refractivity contribution in [2.75, 3.05) is 17.7 Å². The molecule has 0 saturated heterocycles. The fraction of sp³-hybridized carbons (Fsp3) is 0.143. The van der Waals surface area contributed by atoms with Crippen LogP contribution in [0, 0.1) is 0 Å². The number of halogens is 3. The van der Waals surface area contributed by atoms with E-state index >= 15 is 0 Å². The van der Waals surface area contributed by atoms with Gasteiger partial charge in [-0.2, -0.15) is 13.2 Å². The van der Waals surface area contributed by atoms with Crippen molar-refractivity contribution in [3.8, 4) is 0 Å². The standard InChI is InChI=1S/C14H12F3N3O/c1-18-12-7-6-9(8-19-12)13(21)20-11-5-3-2-4-10(11)14(15,16)17/h2-8H,1H3,(H,18,19)(H,20,21). The Hall–Kier alpha value is -2.57. The lowest BCUT2D eigenvalue weighted by molar-refractivity contribution is -0.136. The Kier molecular flexibility index (Phi) is 4.11. The van der Waals surface area contributed by atoms with Gasteiger partial charge in [0.1, 0.15) is 5.82 Å². The van der Waals surface area contributed by atoms with Crippen molar-refractivity contribution >= 4 is 17.4 Å². The number of benzene rings is 1. The molecule has 0 radical (unpaired) electrons. The highest BCUT2D eigenvalue weighted by Gasteiger charge is 2.33. The summed E-state index contributed by atoms with van der Waals surface area (Å²) in [7, 11) is 1.67. The van der Waals surface area contributed by atoms with E-state index in [1.807, 2.05) is 0 Å². The molecule has 0 aliphatic rings. The van der Waals surface area contributed by atoms with Crippen LogP contribution in [0.5, 0.6) is 0 Å². The highest BCUT2D eigenvalue weighted by molar-refractivity contribution is 6.04. The number of carbonyl (C=O) groups excluding carboxylic acids is 1. The normalized spacial score (nSPS) is 11.0. The number of para-hydroxylation sites is 1. The lowest BCUT2D eigenvalue weighted by Gasteiger charge is -2.13. The minimum Gasteiger partial charge on any atom is -0.373 e. The smallest absolute Gasteiger partial charge is 0.373 e. The van der Waals surface area contributed by atoms with Gasteiger partial charge in [-0.1, -0.05) is 12.1 Å². The Labute approximate surface area is 119 Å². The molecule has 1 heterocycles. The molecule has 4 nitrogen and oxygen atoms in total. The molecule has 0 fully saturated rings. The molecule has 0 bridgehead atoms. The number of hydrogen-bond donors (Lipinski definition) is 2. The number of alkyl halides is 3. The molecule has 0 aliphatic carbocycles. The van der Waals surface area contributed by atoms with E-state index in [1.165, 1.54) is 30.5 Å². The van der Waals surface area contributed by atoms with Gasteiger partial charge in [0.15, 0.2) is 0 Å². The zero-order chi connectivity index (χ0) is 15.5. The van der Waals surface area contributed by atoms with E-state index in [2.05, 4.69) is 15.6 Å². The molecule has 2 N–H and O–H groups in total. The van der Waals surface area contributed by atoms with E-state index in [4.69, 9.17) is 0 Å². The zero-order valence-corrected chi connectivity index (χ0v) is 11.0. The van der Waals surface area contributed by atoms with Gasteiger partial charge in [-0.25, -0.2) is 4.98 Å². The molecule has 1 aromatic heterocycles. The highest BCUT2D eigenvalue weighted by Crippen LogP contribution is 2.34. The van der Waals surface area contributed by atoms with Crippen LogP contribution in [0.1, 0.15) is 15.9 Å². The first-order chi connectivity index (χ1) is 9.91. The predicted molar refractivity (Wildman–Crippen MR) is 73.2 cm³/mol. The zero-order valence-electron chi connectivity index (χ0n) is 11.0. The Bertz CT molecular complexity index is 639. The third-order valence-electron chi connectivity index (χ3n) is 2.76. The van der Waals surface area contributed by atoms with Crippen molar-refractivity contribution in [1.82, 2.24) is 4.98 Å². The molecule has 110 valence electrons. The van der Waals surface area contributed by atoms with Crippen LogP contribution in [-0.4, -0.2) is 17.9 Å². The topological polar surface area (TPSA) is 54.0 Å². The van der Waals surface area contributed by atoms with Gasteiger partial charge >= 0.3 is 6.18 Å². The monoisotopic (exact) mass is 295 g/mol. The lowest BCUT2D eigenvalue weighted by Crippen LogP contribution is -2.16. The average Bonchev–Trinajstić information content (AvgIpc) is 2.47. The fourth-order valence-corrected chi connectivity index (χ4v) is 1.71. The molecule has 2 aromatic rings. The first-order valence-corrected chi connectivity index (χ1v) is 6.03. The van der Waals surface area contributed by atoms with Crippen molar-refractivity contribution in [3.05, 3.63) is 53.7 Å². The third kappa shape index (κ3) is 3.50. The summed E-state index contributed by atoms with van der Waals surface area (Å²) in [5.41, 5.74) is -1.00. The van der Waals surface area contributed by atoms with E-state index in [9.17, 15) is 18.0 Å². The van der Waals surface area contributed by atoms with Crippen molar-refractivity contribution in [1.29, 1.82) is 0 Å². The van der Waals surface area contributed by atoms with Crippen LogP contribution in [0.4, 0.5) is 24.7 Å². The Morgan fingerprint density at radius 1 is 1.14 bits per heavy atom. The number of nitrogens with one attached hydrogen (secondary N) is 2. The van der Waals surface area contributed by atoms with Gasteiger partial charge in [0.2, 0.25) is 0 Å². The van der Waals surface area contributed by atoms with E-state index in [0.717, 1.165) is 6.07 Å². The van der Waals surface area contributed by atoms with Gasteiger partial charge in [-0.15, -0.1) is 0 Å². The first kappa shape index (κ1) is 14.8. The molecular formula is C14H12F3N3O. The summed E-state index contributed by atoms with van der Waals surface area (Å²) in [5.74, 6) is -0.0934. The molecule has 0 aliphatic heterocycles. The Balaban J connectivity index is 2.23. The van der Waals surface area contributed by atoms with E-state index in [-0.39, 0.29) is 11.3 Å². The van der Waals surface area contributed by atoms with Gasteiger partial charge in [0.05, 0.1) is 16.8 Å². The van der Waals surface area contributed by atoms with Gasteiger partial charge in [0, 0.05) is 13.2 Å². The van der Waals surface area contributed by atoms with E-state index < -0.39 is 17.6 Å². The molecule has 7 heteroatoms. The average molecular weight is 295 g/mol. The molecular weight excluding hydrogens is 283 g/mol. The number of rotatable bonds is 3. The summed E-state index contributed by atoms with van der Waals surface area (Å²) in [6.07, 6.45) is -3.24. The summed E-state index contributed by atoms with van der Waals surface area (Å²) in [4.78, 5) is 15.9. The number of nitrogens with zero attached hydrogens (tertiary/aromatic N) is 1. The maximum atomic E-state index is 12.8. The van der Waals surface area contributed by atoms with Crippen LogP contribution in [0.2, 0.25) is 0 Å². The molecule has 0 saturated carbocycles. The van der Waals surface area contributed by atoms with Gasteiger partial charge in [-0.05, 0) is 24.3 Å². The lowest BCUT2D eigenvalue weighted by atomic mass is 10.1. The van der Waals surface area contributed by atoms with Crippen molar-refractivity contribution < 1.29 is 18.0 Å². The largest absolute Gasteiger partial charge is 0.418 e. The van der Waals surface area contributed by atoms with Crippen molar-refractivity contribution in [2.24, 2.45) is 0 Å². The molecule has 0 spiro atoms. The van der Waals surface area contributed by atoms with E-state index in [1.54, 1.807) is 13.1 Å². The molecule has 1 aromatic carbocycles. The van der Waals surface area contributed by atoms with Crippen LogP contribution < -0.4 is 10.6 Å². The van der Waals surface area contributed by atoms with Gasteiger partial charge in [0.25, 0.3) is 5.91 Å². The second-order valence-electron chi connectivity index (χ2n) is 4.18. The minimum atomic E-state index is -4.53. The van der Waals surface area contributed by atoms with Crippen LogP contribution in [0.3, 0.4) is 0 Å². The number of amides is 1. The van der Waals surface area contributed by atoms with Crippen LogP contribution >= 0.6 is 0 Å². The molecule has 21 heavy (non-hydrogen) atoms. The van der Waals surface area contributed by atoms with Gasteiger partial charge < -0.3 is 10.6 Å². The minimum absolute atomic E-state index is 0.172. The van der Waals surface area contributed by atoms with Crippen LogP contribution in [0.15, 0.2) is 42.6 Å². The first-order valence-electron chi connectivity index (χ1n) is 6.03. The maximum absolute atomic E-state index is 12.8.